The normalized spacial score (nSPS) is 11.8. The third kappa shape index (κ3) is 2.69. The highest BCUT2D eigenvalue weighted by atomic mass is 35.5. The van der Waals surface area contributed by atoms with Gasteiger partial charge in [0, 0.05) is 6.20 Å². The Balaban J connectivity index is 3.53. The van der Waals surface area contributed by atoms with E-state index in [0.29, 0.717) is 6.20 Å². The zero-order chi connectivity index (χ0) is 14.1. The van der Waals surface area contributed by atoms with Crippen molar-refractivity contribution in [3.8, 4) is 0 Å². The van der Waals surface area contributed by atoms with Gasteiger partial charge in [-0.3, -0.25) is 0 Å². The number of esters is 1. The Morgan fingerprint density at radius 1 is 1.44 bits per heavy atom. The number of hydrogen-bond donors (Lipinski definition) is 0. The van der Waals surface area contributed by atoms with E-state index in [1.807, 2.05) is 0 Å². The Labute approximate surface area is 103 Å². The third-order valence-corrected chi connectivity index (χ3v) is 2.33. The zero-order valence-corrected chi connectivity index (χ0v) is 9.44. The molecule has 0 unspecified atom stereocenters. The van der Waals surface area contributed by atoms with Crippen molar-refractivity contribution in [2.45, 2.75) is 12.6 Å². The van der Waals surface area contributed by atoms with Crippen LogP contribution in [0.4, 0.5) is 22.0 Å². The molecule has 1 rings (SSSR count). The summed E-state index contributed by atoms with van der Waals surface area (Å²) in [6.45, 7) is 0. The molecular weight excluding hydrogens is 285 g/mol. The second kappa shape index (κ2) is 5.05. The van der Waals surface area contributed by atoms with Gasteiger partial charge >= 0.3 is 12.1 Å². The van der Waals surface area contributed by atoms with Crippen LogP contribution in [0.2, 0.25) is 5.02 Å². The minimum atomic E-state index is -4.99. The number of carbonyl (C=O) groups excluding carboxylic acids is 1. The van der Waals surface area contributed by atoms with Crippen molar-refractivity contribution in [3.63, 3.8) is 0 Å². The lowest BCUT2D eigenvalue weighted by Gasteiger charge is -2.13. The van der Waals surface area contributed by atoms with Crippen LogP contribution in [-0.4, -0.2) is 18.1 Å². The molecule has 0 amide bonds. The molecule has 0 aliphatic rings. The van der Waals surface area contributed by atoms with E-state index < -0.39 is 40.4 Å². The SMILES string of the molecule is COC(=O)c1cnc(C(F)(F)F)c(Cl)c1C(F)F. The molecule has 0 fully saturated rings. The van der Waals surface area contributed by atoms with Crippen LogP contribution in [-0.2, 0) is 10.9 Å². The molecule has 0 aliphatic heterocycles. The van der Waals surface area contributed by atoms with Crippen LogP contribution in [0.25, 0.3) is 0 Å². The predicted molar refractivity (Wildman–Crippen MR) is 50.5 cm³/mol. The van der Waals surface area contributed by atoms with E-state index in [2.05, 4.69) is 9.72 Å². The van der Waals surface area contributed by atoms with Crippen molar-refractivity contribution >= 4 is 17.6 Å². The molecule has 100 valence electrons. The highest BCUT2D eigenvalue weighted by Crippen LogP contribution is 2.39. The smallest absolute Gasteiger partial charge is 0.434 e. The quantitative estimate of drug-likeness (QED) is 0.618. The van der Waals surface area contributed by atoms with Crippen molar-refractivity contribution in [3.05, 3.63) is 28.0 Å². The van der Waals surface area contributed by atoms with Crippen LogP contribution in [0.15, 0.2) is 6.20 Å². The lowest BCUT2D eigenvalue weighted by Crippen LogP contribution is -2.15. The molecule has 9 heteroatoms. The van der Waals surface area contributed by atoms with Crippen LogP contribution in [0.3, 0.4) is 0 Å². The van der Waals surface area contributed by atoms with Gasteiger partial charge < -0.3 is 4.74 Å². The van der Waals surface area contributed by atoms with Gasteiger partial charge in [0.05, 0.1) is 23.3 Å². The summed E-state index contributed by atoms with van der Waals surface area (Å²) < 4.78 is 66.7. The first kappa shape index (κ1) is 14.6. The fourth-order valence-electron chi connectivity index (χ4n) is 1.18. The number of aromatic nitrogens is 1. The molecule has 0 aromatic carbocycles. The Morgan fingerprint density at radius 2 is 2.00 bits per heavy atom. The molecule has 3 nitrogen and oxygen atoms in total. The first-order chi connectivity index (χ1) is 8.20. The number of methoxy groups -OCH3 is 1. The maximum Gasteiger partial charge on any atom is 0.434 e. The molecule has 1 aromatic heterocycles. The number of rotatable bonds is 2. The van der Waals surface area contributed by atoms with Gasteiger partial charge in [0.25, 0.3) is 6.43 Å². The molecule has 1 aromatic rings. The average Bonchev–Trinajstić information content (AvgIpc) is 2.25. The van der Waals surface area contributed by atoms with Crippen LogP contribution < -0.4 is 0 Å². The minimum absolute atomic E-state index is 0.363. The number of halogens is 6. The maximum absolute atomic E-state index is 12.7. The van der Waals surface area contributed by atoms with Gasteiger partial charge in [0.2, 0.25) is 0 Å². The third-order valence-electron chi connectivity index (χ3n) is 1.95. The first-order valence-electron chi connectivity index (χ1n) is 4.32. The molecule has 0 atom stereocenters. The summed E-state index contributed by atoms with van der Waals surface area (Å²) in [5, 5.41) is -1.31. The summed E-state index contributed by atoms with van der Waals surface area (Å²) in [6, 6.07) is 0. The number of ether oxygens (including phenoxy) is 1. The van der Waals surface area contributed by atoms with Crippen molar-refractivity contribution < 1.29 is 31.5 Å². The van der Waals surface area contributed by atoms with Gasteiger partial charge in [-0.2, -0.15) is 13.2 Å². The maximum atomic E-state index is 12.7. The van der Waals surface area contributed by atoms with E-state index in [0.717, 1.165) is 7.11 Å². The van der Waals surface area contributed by atoms with E-state index in [9.17, 15) is 26.7 Å². The van der Waals surface area contributed by atoms with Crippen molar-refractivity contribution in [1.29, 1.82) is 0 Å². The Kier molecular flexibility index (Phi) is 4.10. The van der Waals surface area contributed by atoms with Gasteiger partial charge in [-0.05, 0) is 0 Å². The number of carbonyl (C=O) groups is 1. The van der Waals surface area contributed by atoms with E-state index >= 15 is 0 Å². The summed E-state index contributed by atoms with van der Waals surface area (Å²) in [6.07, 6.45) is -7.99. The van der Waals surface area contributed by atoms with E-state index in [-0.39, 0.29) is 0 Å². The molecule has 18 heavy (non-hydrogen) atoms. The van der Waals surface area contributed by atoms with Crippen LogP contribution in [0.1, 0.15) is 28.0 Å². The van der Waals surface area contributed by atoms with E-state index in [1.54, 1.807) is 0 Å². The van der Waals surface area contributed by atoms with Gasteiger partial charge in [-0.1, -0.05) is 11.6 Å². The summed E-state index contributed by atoms with van der Waals surface area (Å²) in [5.74, 6) is -1.24. The first-order valence-corrected chi connectivity index (χ1v) is 4.70. The van der Waals surface area contributed by atoms with Gasteiger partial charge in [-0.25, -0.2) is 18.6 Å². The van der Waals surface area contributed by atoms with Gasteiger partial charge in [-0.15, -0.1) is 0 Å². The van der Waals surface area contributed by atoms with Crippen LogP contribution in [0, 0.1) is 0 Å². The largest absolute Gasteiger partial charge is 0.465 e. The fourth-order valence-corrected chi connectivity index (χ4v) is 1.52. The molecule has 0 spiro atoms. The number of nitrogens with zero attached hydrogens (tertiary/aromatic N) is 1. The van der Waals surface area contributed by atoms with Crippen molar-refractivity contribution in [2.75, 3.05) is 7.11 Å². The molecule has 0 saturated heterocycles. The van der Waals surface area contributed by atoms with Gasteiger partial charge in [0.15, 0.2) is 5.69 Å². The van der Waals surface area contributed by atoms with E-state index in [4.69, 9.17) is 11.6 Å². The molecular formula is C9H5ClF5NO2. The van der Waals surface area contributed by atoms with Crippen LogP contribution in [0.5, 0.6) is 0 Å². The number of alkyl halides is 5. The highest BCUT2D eigenvalue weighted by Gasteiger charge is 2.38. The Hall–Kier alpha value is -1.44. The minimum Gasteiger partial charge on any atom is -0.465 e. The topological polar surface area (TPSA) is 39.2 Å². The number of pyridine rings is 1. The highest BCUT2D eigenvalue weighted by molar-refractivity contribution is 6.32. The zero-order valence-electron chi connectivity index (χ0n) is 8.69. The Bertz CT molecular complexity index is 475. The van der Waals surface area contributed by atoms with Crippen molar-refractivity contribution in [1.82, 2.24) is 4.98 Å². The molecule has 0 radical (unpaired) electrons. The molecule has 0 saturated carbocycles. The fraction of sp³-hybridized carbons (Fsp3) is 0.333. The molecule has 0 bridgehead atoms. The average molecular weight is 290 g/mol. The van der Waals surface area contributed by atoms with Crippen LogP contribution >= 0.6 is 11.6 Å². The lowest BCUT2D eigenvalue weighted by atomic mass is 10.1. The molecule has 0 aliphatic carbocycles. The summed E-state index contributed by atoms with van der Waals surface area (Å²) >= 11 is 5.22. The van der Waals surface area contributed by atoms with Crippen molar-refractivity contribution in [2.24, 2.45) is 0 Å². The lowest BCUT2D eigenvalue weighted by molar-refractivity contribution is -0.141. The molecule has 1 heterocycles. The second-order valence-electron chi connectivity index (χ2n) is 3.04. The number of hydrogen-bond acceptors (Lipinski definition) is 3. The summed E-state index contributed by atoms with van der Waals surface area (Å²) in [5.41, 5.74) is -3.72. The monoisotopic (exact) mass is 289 g/mol. The molecule has 0 N–H and O–H groups in total. The Morgan fingerprint density at radius 3 is 2.39 bits per heavy atom. The second-order valence-corrected chi connectivity index (χ2v) is 3.42. The van der Waals surface area contributed by atoms with E-state index in [1.165, 1.54) is 0 Å². The summed E-state index contributed by atoms with van der Waals surface area (Å²) in [4.78, 5) is 14.0. The summed E-state index contributed by atoms with van der Waals surface area (Å²) in [7, 11) is 0.892. The van der Waals surface area contributed by atoms with Gasteiger partial charge in [0.1, 0.15) is 0 Å². The standard InChI is InChI=1S/C9H5ClF5NO2/c1-18-8(17)3-2-16-6(9(13,14)15)5(10)4(3)7(11)12/h2,7H,1H3. The predicted octanol–water partition coefficient (Wildman–Crippen LogP) is 3.48.